The number of ether oxygens (including phenoxy) is 2. The van der Waals surface area contributed by atoms with Gasteiger partial charge in [-0.05, 0) is 66.2 Å². The van der Waals surface area contributed by atoms with Crippen molar-refractivity contribution < 1.29 is 19.1 Å². The molecule has 0 aliphatic rings. The molecule has 0 spiro atoms. The summed E-state index contributed by atoms with van der Waals surface area (Å²) in [7, 11) is 0. The molecule has 0 aliphatic carbocycles. The summed E-state index contributed by atoms with van der Waals surface area (Å²) in [6.45, 7) is 10.6. The summed E-state index contributed by atoms with van der Waals surface area (Å²) >= 11 is 3.37. The Morgan fingerprint density at radius 2 is 1.71 bits per heavy atom. The maximum absolute atomic E-state index is 12.9. The Kier molecular flexibility index (Phi) is 6.43. The molecule has 0 aliphatic heterocycles. The summed E-state index contributed by atoms with van der Waals surface area (Å²) < 4.78 is 13.0. The molecule has 154 valence electrons. The van der Waals surface area contributed by atoms with Crippen LogP contribution in [0.15, 0.2) is 27.5 Å². The minimum Gasteiger partial charge on any atom is -0.460 e. The van der Waals surface area contributed by atoms with Crippen LogP contribution in [0.1, 0.15) is 60.4 Å². The van der Waals surface area contributed by atoms with Gasteiger partial charge in [0.15, 0.2) is 0 Å². The number of hydrogen-bond acceptors (Lipinski definition) is 5. The Morgan fingerprint density at radius 1 is 1.11 bits per heavy atom. The van der Waals surface area contributed by atoms with Gasteiger partial charge >= 0.3 is 17.6 Å². The van der Waals surface area contributed by atoms with E-state index in [9.17, 15) is 14.4 Å². The predicted octanol–water partition coefficient (Wildman–Crippen LogP) is 4.10. The van der Waals surface area contributed by atoms with Crippen LogP contribution >= 0.6 is 15.9 Å². The molecule has 0 saturated heterocycles. The van der Waals surface area contributed by atoms with Crippen LogP contribution in [0.2, 0.25) is 0 Å². The Bertz CT molecular complexity index is 931. The van der Waals surface area contributed by atoms with Crippen LogP contribution in [-0.2, 0) is 19.1 Å². The highest BCUT2D eigenvalue weighted by Gasteiger charge is 2.30. The number of carbonyl (C=O) groups excluding carboxylic acids is 2. The second kappa shape index (κ2) is 8.11. The molecule has 7 nitrogen and oxygen atoms in total. The summed E-state index contributed by atoms with van der Waals surface area (Å²) in [4.78, 5) is 40.4. The van der Waals surface area contributed by atoms with Gasteiger partial charge in [0.25, 0.3) is 0 Å². The lowest BCUT2D eigenvalue weighted by Crippen LogP contribution is -2.35. The summed E-state index contributed by atoms with van der Waals surface area (Å²) in [6, 6.07) is 4.33. The summed E-state index contributed by atoms with van der Waals surface area (Å²) in [5.74, 6) is -1.00. The first-order chi connectivity index (χ1) is 12.8. The molecule has 1 unspecified atom stereocenters. The Morgan fingerprint density at radius 3 is 2.29 bits per heavy atom. The molecule has 8 heteroatoms. The van der Waals surface area contributed by atoms with E-state index >= 15 is 0 Å². The molecule has 1 N–H and O–H groups in total. The Balaban J connectivity index is 2.39. The van der Waals surface area contributed by atoms with Crippen LogP contribution in [0, 0.1) is 0 Å². The van der Waals surface area contributed by atoms with E-state index < -0.39 is 34.9 Å². The third-order valence-corrected chi connectivity index (χ3v) is 4.20. The van der Waals surface area contributed by atoms with Gasteiger partial charge in [-0.25, -0.2) is 9.59 Å². The van der Waals surface area contributed by atoms with E-state index in [2.05, 4.69) is 20.9 Å². The number of carbonyl (C=O) groups is 2. The first-order valence-electron chi connectivity index (χ1n) is 9.11. The number of esters is 2. The van der Waals surface area contributed by atoms with Crippen LogP contribution in [0.25, 0.3) is 11.0 Å². The molecule has 2 aromatic rings. The molecule has 1 aromatic carbocycles. The van der Waals surface area contributed by atoms with Gasteiger partial charge < -0.3 is 14.5 Å². The van der Waals surface area contributed by atoms with Crippen molar-refractivity contribution in [2.24, 2.45) is 0 Å². The van der Waals surface area contributed by atoms with Crippen molar-refractivity contribution in [1.82, 2.24) is 9.55 Å². The SMILES string of the molecule is CC(C)(C)OC(=O)CCC(C(=O)OC(C)(C)C)n1c(=O)[nH]c2cc(Br)ccc21. The van der Waals surface area contributed by atoms with E-state index in [0.29, 0.717) is 11.0 Å². The average molecular weight is 455 g/mol. The molecule has 0 fully saturated rings. The number of benzene rings is 1. The summed E-state index contributed by atoms with van der Waals surface area (Å²) in [5, 5.41) is 0. The van der Waals surface area contributed by atoms with Crippen LogP contribution in [-0.4, -0.2) is 32.7 Å². The lowest BCUT2D eigenvalue weighted by molar-refractivity contribution is -0.160. The highest BCUT2D eigenvalue weighted by Crippen LogP contribution is 2.25. The number of aromatic nitrogens is 2. The number of nitrogens with zero attached hydrogens (tertiary/aromatic N) is 1. The molecule has 1 aromatic heterocycles. The average Bonchev–Trinajstić information content (AvgIpc) is 2.79. The highest BCUT2D eigenvalue weighted by molar-refractivity contribution is 9.10. The van der Waals surface area contributed by atoms with E-state index in [1.165, 1.54) is 4.57 Å². The van der Waals surface area contributed by atoms with Crippen molar-refractivity contribution in [3.05, 3.63) is 33.2 Å². The lowest BCUT2D eigenvalue weighted by Gasteiger charge is -2.25. The minimum atomic E-state index is -0.950. The molecule has 0 bridgehead atoms. The second-order valence-corrected chi connectivity index (χ2v) is 9.55. The molecule has 0 radical (unpaired) electrons. The zero-order valence-corrected chi connectivity index (χ0v) is 18.7. The maximum Gasteiger partial charge on any atom is 0.329 e. The number of imidazole rings is 1. The van der Waals surface area contributed by atoms with Gasteiger partial charge in [0.05, 0.1) is 11.0 Å². The molecule has 0 amide bonds. The highest BCUT2D eigenvalue weighted by atomic mass is 79.9. The van der Waals surface area contributed by atoms with Crippen molar-refractivity contribution in [2.75, 3.05) is 0 Å². The van der Waals surface area contributed by atoms with Gasteiger partial charge in [0.1, 0.15) is 17.2 Å². The van der Waals surface area contributed by atoms with Gasteiger partial charge in [-0.3, -0.25) is 9.36 Å². The predicted molar refractivity (Wildman–Crippen MR) is 110 cm³/mol. The van der Waals surface area contributed by atoms with Crippen LogP contribution in [0.3, 0.4) is 0 Å². The van der Waals surface area contributed by atoms with Crippen molar-refractivity contribution in [3.8, 4) is 0 Å². The number of nitrogens with one attached hydrogen (secondary N) is 1. The number of fused-ring (bicyclic) bond motifs is 1. The van der Waals surface area contributed by atoms with E-state index in [1.54, 1.807) is 59.7 Å². The minimum absolute atomic E-state index is 0.0170. The molecule has 28 heavy (non-hydrogen) atoms. The van der Waals surface area contributed by atoms with Crippen molar-refractivity contribution in [3.63, 3.8) is 0 Å². The molecule has 1 atom stereocenters. The molecular weight excluding hydrogens is 428 g/mol. The molecule has 1 heterocycles. The number of rotatable bonds is 5. The zero-order valence-electron chi connectivity index (χ0n) is 17.1. The number of H-pyrrole nitrogens is 1. The van der Waals surface area contributed by atoms with E-state index in [-0.39, 0.29) is 12.8 Å². The van der Waals surface area contributed by atoms with Gasteiger partial charge in [0.2, 0.25) is 0 Å². The monoisotopic (exact) mass is 454 g/mol. The van der Waals surface area contributed by atoms with Crippen molar-refractivity contribution in [1.29, 1.82) is 0 Å². The summed E-state index contributed by atoms with van der Waals surface area (Å²) in [5.41, 5.74) is -0.630. The second-order valence-electron chi connectivity index (χ2n) is 8.64. The number of aromatic amines is 1. The number of hydrogen-bond donors (Lipinski definition) is 1. The van der Waals surface area contributed by atoms with E-state index in [4.69, 9.17) is 9.47 Å². The van der Waals surface area contributed by atoms with Crippen molar-refractivity contribution >= 4 is 38.9 Å². The summed E-state index contributed by atoms with van der Waals surface area (Å²) in [6.07, 6.45) is 0.0730. The third-order valence-electron chi connectivity index (χ3n) is 3.71. The first kappa shape index (κ1) is 22.2. The smallest absolute Gasteiger partial charge is 0.329 e. The topological polar surface area (TPSA) is 90.4 Å². The van der Waals surface area contributed by atoms with Crippen molar-refractivity contribution in [2.45, 2.75) is 71.6 Å². The molecule has 2 rings (SSSR count). The first-order valence-corrected chi connectivity index (χ1v) is 9.90. The third kappa shape index (κ3) is 5.95. The molecular formula is C20H27BrN2O5. The fourth-order valence-electron chi connectivity index (χ4n) is 2.78. The zero-order chi connectivity index (χ0) is 21.3. The van der Waals surface area contributed by atoms with Crippen LogP contribution in [0.4, 0.5) is 0 Å². The maximum atomic E-state index is 12.9. The van der Waals surface area contributed by atoms with Crippen LogP contribution < -0.4 is 5.69 Å². The largest absolute Gasteiger partial charge is 0.460 e. The molecule has 0 saturated carbocycles. The Hall–Kier alpha value is -2.09. The normalized spacial score (nSPS) is 13.4. The van der Waals surface area contributed by atoms with Gasteiger partial charge in [0, 0.05) is 10.9 Å². The fraction of sp³-hybridized carbons (Fsp3) is 0.550. The Labute approximate surface area is 172 Å². The fourth-order valence-corrected chi connectivity index (χ4v) is 3.14. The number of halogens is 1. The van der Waals surface area contributed by atoms with E-state index in [0.717, 1.165) is 4.47 Å². The lowest BCUT2D eigenvalue weighted by atomic mass is 10.1. The standard InChI is InChI=1S/C20H27BrN2O5/c1-19(2,3)27-16(24)10-9-15(17(25)28-20(4,5)6)23-14-8-7-12(21)11-13(14)22-18(23)26/h7-8,11,15H,9-10H2,1-6H3,(H,22,26). The van der Waals surface area contributed by atoms with Crippen LogP contribution in [0.5, 0.6) is 0 Å². The van der Waals surface area contributed by atoms with Gasteiger partial charge in [-0.1, -0.05) is 15.9 Å². The quantitative estimate of drug-likeness (QED) is 0.686. The van der Waals surface area contributed by atoms with E-state index in [1.807, 2.05) is 0 Å². The van der Waals surface area contributed by atoms with Gasteiger partial charge in [-0.15, -0.1) is 0 Å². The van der Waals surface area contributed by atoms with Gasteiger partial charge in [-0.2, -0.15) is 0 Å².